The molecule has 0 spiro atoms. The van der Waals surface area contributed by atoms with Gasteiger partial charge in [0.2, 0.25) is 5.91 Å². The fourth-order valence-corrected chi connectivity index (χ4v) is 4.82. The topological polar surface area (TPSA) is 46.6 Å². The van der Waals surface area contributed by atoms with Crippen LogP contribution in [0.2, 0.25) is 0 Å². The minimum Gasteiger partial charge on any atom is -0.439 e. The Hall–Kier alpha value is -2.95. The number of amides is 2. The summed E-state index contributed by atoms with van der Waals surface area (Å²) in [7, 11) is 0. The van der Waals surface area contributed by atoms with Gasteiger partial charge < -0.3 is 4.74 Å². The molecule has 156 valence electrons. The van der Waals surface area contributed by atoms with Crippen molar-refractivity contribution in [1.29, 1.82) is 0 Å². The molecule has 4 rings (SSSR count). The van der Waals surface area contributed by atoms with Gasteiger partial charge in [0, 0.05) is 5.92 Å². The predicted molar refractivity (Wildman–Crippen MR) is 112 cm³/mol. The summed E-state index contributed by atoms with van der Waals surface area (Å²) in [6, 6.07) is 15.4. The first-order valence-corrected chi connectivity index (χ1v) is 10.4. The second kappa shape index (κ2) is 8.05. The molecule has 5 heteroatoms. The van der Waals surface area contributed by atoms with Crippen molar-refractivity contribution in [2.75, 3.05) is 0 Å². The SMILES string of the molecule is C[C@@H]1C=C[C@H](C)C(C(=O)N2C(=O)O[C@@H](c3ccccc3)[C@H]2C)C1c1ccc(F)cc1. The van der Waals surface area contributed by atoms with Gasteiger partial charge in [-0.05, 0) is 42.0 Å². The molecule has 2 aromatic rings. The Bertz CT molecular complexity index is 956. The fourth-order valence-electron chi connectivity index (χ4n) is 4.82. The number of cyclic esters (lactones) is 1. The van der Waals surface area contributed by atoms with Crippen molar-refractivity contribution in [2.45, 2.75) is 38.8 Å². The average molecular weight is 407 g/mol. The molecule has 4 nitrogen and oxygen atoms in total. The molecule has 1 heterocycles. The monoisotopic (exact) mass is 407 g/mol. The van der Waals surface area contributed by atoms with Gasteiger partial charge in [-0.1, -0.05) is 68.5 Å². The van der Waals surface area contributed by atoms with Crippen molar-refractivity contribution in [3.05, 3.63) is 83.7 Å². The second-order valence-corrected chi connectivity index (χ2v) is 8.37. The maximum Gasteiger partial charge on any atom is 0.417 e. The van der Waals surface area contributed by atoms with Crippen LogP contribution >= 0.6 is 0 Å². The Kier molecular flexibility index (Phi) is 5.46. The number of hydrogen-bond donors (Lipinski definition) is 0. The fraction of sp³-hybridized carbons (Fsp3) is 0.360. The summed E-state index contributed by atoms with van der Waals surface area (Å²) in [6.45, 7) is 5.89. The number of halogens is 1. The lowest BCUT2D eigenvalue weighted by molar-refractivity contribution is -0.136. The lowest BCUT2D eigenvalue weighted by Gasteiger charge is -2.38. The summed E-state index contributed by atoms with van der Waals surface area (Å²) in [4.78, 5) is 27.7. The zero-order valence-corrected chi connectivity index (χ0v) is 17.4. The van der Waals surface area contributed by atoms with Crippen LogP contribution < -0.4 is 0 Å². The molecule has 1 aliphatic heterocycles. The van der Waals surface area contributed by atoms with Crippen molar-refractivity contribution in [2.24, 2.45) is 17.8 Å². The Morgan fingerprint density at radius 1 is 0.900 bits per heavy atom. The summed E-state index contributed by atoms with van der Waals surface area (Å²) in [5.41, 5.74) is 1.77. The smallest absolute Gasteiger partial charge is 0.417 e. The molecule has 0 radical (unpaired) electrons. The van der Waals surface area contributed by atoms with Crippen LogP contribution in [0, 0.1) is 23.6 Å². The number of rotatable bonds is 3. The highest BCUT2D eigenvalue weighted by Gasteiger charge is 2.49. The van der Waals surface area contributed by atoms with Crippen molar-refractivity contribution >= 4 is 12.0 Å². The first-order valence-electron chi connectivity index (χ1n) is 10.4. The third kappa shape index (κ3) is 3.53. The molecule has 2 aromatic carbocycles. The molecule has 0 bridgehead atoms. The largest absolute Gasteiger partial charge is 0.439 e. The molecule has 2 aliphatic rings. The van der Waals surface area contributed by atoms with Gasteiger partial charge in [-0.25, -0.2) is 14.1 Å². The number of carbonyl (C=O) groups is 2. The molecule has 1 fully saturated rings. The Labute approximate surface area is 176 Å². The number of hydrogen-bond acceptors (Lipinski definition) is 3. The summed E-state index contributed by atoms with van der Waals surface area (Å²) in [6.07, 6.45) is 3.04. The van der Waals surface area contributed by atoms with E-state index >= 15 is 0 Å². The van der Waals surface area contributed by atoms with Crippen molar-refractivity contribution in [3.63, 3.8) is 0 Å². The number of benzene rings is 2. The van der Waals surface area contributed by atoms with Crippen LogP contribution in [0.5, 0.6) is 0 Å². The maximum absolute atomic E-state index is 13.7. The molecule has 6 atom stereocenters. The summed E-state index contributed by atoms with van der Waals surface area (Å²) >= 11 is 0. The van der Waals surface area contributed by atoms with E-state index in [0.717, 1.165) is 11.1 Å². The van der Waals surface area contributed by atoms with Crippen LogP contribution in [0.15, 0.2) is 66.7 Å². The number of imide groups is 1. The number of allylic oxidation sites excluding steroid dienone is 2. The number of nitrogens with zero attached hydrogens (tertiary/aromatic N) is 1. The number of ether oxygens (including phenoxy) is 1. The Balaban J connectivity index is 1.66. The van der Waals surface area contributed by atoms with E-state index in [2.05, 4.69) is 13.0 Å². The van der Waals surface area contributed by atoms with Gasteiger partial charge in [0.25, 0.3) is 0 Å². The van der Waals surface area contributed by atoms with Crippen LogP contribution in [-0.4, -0.2) is 22.9 Å². The van der Waals surface area contributed by atoms with Gasteiger partial charge in [0.1, 0.15) is 11.9 Å². The average Bonchev–Trinajstić information content (AvgIpc) is 3.04. The minimum atomic E-state index is -0.603. The van der Waals surface area contributed by atoms with Gasteiger partial charge in [0.15, 0.2) is 0 Å². The number of carbonyl (C=O) groups excluding carboxylic acids is 2. The summed E-state index contributed by atoms with van der Waals surface area (Å²) in [5.74, 6) is -1.09. The Morgan fingerprint density at radius 2 is 1.53 bits per heavy atom. The normalized spacial score (nSPS) is 30.9. The van der Waals surface area contributed by atoms with Crippen molar-refractivity contribution in [1.82, 2.24) is 4.90 Å². The first kappa shape index (κ1) is 20.3. The summed E-state index contributed by atoms with van der Waals surface area (Å²) < 4.78 is 19.1. The second-order valence-electron chi connectivity index (χ2n) is 8.37. The highest BCUT2D eigenvalue weighted by Crippen LogP contribution is 2.44. The molecule has 30 heavy (non-hydrogen) atoms. The van der Waals surface area contributed by atoms with E-state index in [4.69, 9.17) is 4.74 Å². The van der Waals surface area contributed by atoms with Crippen molar-refractivity contribution < 1.29 is 18.7 Å². The summed E-state index contributed by atoms with van der Waals surface area (Å²) in [5, 5.41) is 0. The van der Waals surface area contributed by atoms with Crippen LogP contribution in [0.1, 0.15) is 43.9 Å². The van der Waals surface area contributed by atoms with Gasteiger partial charge in [0.05, 0.1) is 12.0 Å². The van der Waals surface area contributed by atoms with E-state index in [9.17, 15) is 14.0 Å². The molecule has 1 saturated heterocycles. The highest BCUT2D eigenvalue weighted by molar-refractivity contribution is 5.96. The third-order valence-electron chi connectivity index (χ3n) is 6.41. The van der Waals surface area contributed by atoms with E-state index in [1.165, 1.54) is 17.0 Å². The molecule has 2 amide bonds. The van der Waals surface area contributed by atoms with Gasteiger partial charge in [-0.3, -0.25) is 4.79 Å². The zero-order chi connectivity index (χ0) is 21.4. The quantitative estimate of drug-likeness (QED) is 0.633. The van der Waals surface area contributed by atoms with E-state index in [1.54, 1.807) is 12.1 Å². The first-order chi connectivity index (χ1) is 14.4. The molecule has 0 saturated carbocycles. The molecular formula is C25H26FNO3. The standard InChI is InChI=1S/C25H26FNO3/c1-15-9-10-16(2)22(21(15)18-11-13-20(26)14-12-18)24(28)27-17(3)23(30-25(27)29)19-7-5-4-6-8-19/h4-17,21-23H,1-3H3/t15-,16+,17-,21?,22?,23-/m1/s1. The van der Waals surface area contributed by atoms with Crippen LogP contribution in [0.3, 0.4) is 0 Å². The minimum absolute atomic E-state index is 0.0560. The third-order valence-corrected chi connectivity index (χ3v) is 6.41. The van der Waals surface area contributed by atoms with Crippen LogP contribution in [-0.2, 0) is 9.53 Å². The van der Waals surface area contributed by atoms with Crippen molar-refractivity contribution in [3.8, 4) is 0 Å². The maximum atomic E-state index is 13.7. The van der Waals surface area contributed by atoms with Crippen LogP contribution in [0.25, 0.3) is 0 Å². The van der Waals surface area contributed by atoms with Crippen LogP contribution in [0.4, 0.5) is 9.18 Å². The molecule has 2 unspecified atom stereocenters. The lowest BCUT2D eigenvalue weighted by Crippen LogP contribution is -2.46. The molecule has 0 N–H and O–H groups in total. The van der Waals surface area contributed by atoms with Gasteiger partial charge in [-0.15, -0.1) is 0 Å². The molecule has 1 aliphatic carbocycles. The molecule has 0 aromatic heterocycles. The van der Waals surface area contributed by atoms with E-state index in [-0.39, 0.29) is 29.5 Å². The van der Waals surface area contributed by atoms with Gasteiger partial charge in [-0.2, -0.15) is 0 Å². The zero-order valence-electron chi connectivity index (χ0n) is 17.4. The predicted octanol–water partition coefficient (Wildman–Crippen LogP) is 5.48. The molecular weight excluding hydrogens is 381 g/mol. The Morgan fingerprint density at radius 3 is 2.20 bits per heavy atom. The van der Waals surface area contributed by atoms with E-state index in [1.807, 2.05) is 50.3 Å². The van der Waals surface area contributed by atoms with E-state index in [0.29, 0.717) is 0 Å². The lowest BCUT2D eigenvalue weighted by atomic mass is 9.68. The van der Waals surface area contributed by atoms with E-state index < -0.39 is 24.2 Å². The van der Waals surface area contributed by atoms with Gasteiger partial charge >= 0.3 is 6.09 Å². The highest BCUT2D eigenvalue weighted by atomic mass is 19.1.